The van der Waals surface area contributed by atoms with Crippen LogP contribution < -0.4 is 0 Å². The van der Waals surface area contributed by atoms with Crippen LogP contribution in [0, 0.1) is 0 Å². The first kappa shape index (κ1) is 11.5. The summed E-state index contributed by atoms with van der Waals surface area (Å²) in [7, 11) is 0. The lowest BCUT2D eigenvalue weighted by atomic mass is 10.3. The molecular formula is C4H4Br2F3I. The lowest BCUT2D eigenvalue weighted by Gasteiger charge is -2.22. The molecule has 0 aliphatic carbocycles. The Bertz CT molecular complexity index is 112. The Kier molecular flexibility index (Phi) is 4.51. The quantitative estimate of drug-likeness (QED) is 0.503. The zero-order valence-corrected chi connectivity index (χ0v) is 10.0. The normalized spacial score (nSPS) is 18.6. The topological polar surface area (TPSA) is 0 Å². The molecule has 1 unspecified atom stereocenters. The Morgan fingerprint density at radius 3 is 1.80 bits per heavy atom. The SMILES string of the molecule is FC(F)(Br)C(F)(I)CCBr. The molecule has 0 aliphatic rings. The van der Waals surface area contributed by atoms with E-state index < -0.39 is 8.51 Å². The van der Waals surface area contributed by atoms with Gasteiger partial charge in [0.2, 0.25) is 3.68 Å². The second-order valence-corrected chi connectivity index (χ2v) is 5.14. The molecule has 0 radical (unpaired) electrons. The first-order chi connectivity index (χ1) is 4.31. The Morgan fingerprint density at radius 1 is 1.30 bits per heavy atom. The number of hydrogen-bond acceptors (Lipinski definition) is 0. The molecule has 0 saturated carbocycles. The summed E-state index contributed by atoms with van der Waals surface area (Å²) in [4.78, 5) is -3.45. The van der Waals surface area contributed by atoms with Gasteiger partial charge in [-0.2, -0.15) is 8.78 Å². The smallest absolute Gasteiger partial charge is 0.225 e. The van der Waals surface area contributed by atoms with Crippen LogP contribution in [0.15, 0.2) is 0 Å². The molecule has 0 spiro atoms. The Morgan fingerprint density at radius 2 is 1.70 bits per heavy atom. The van der Waals surface area contributed by atoms with Gasteiger partial charge in [-0.1, -0.05) is 15.9 Å². The summed E-state index contributed by atoms with van der Waals surface area (Å²) in [5.74, 6) is 0. The Balaban J connectivity index is 4.10. The van der Waals surface area contributed by atoms with Crippen molar-refractivity contribution in [3.8, 4) is 0 Å². The van der Waals surface area contributed by atoms with E-state index >= 15 is 0 Å². The third kappa shape index (κ3) is 3.25. The van der Waals surface area contributed by atoms with E-state index in [2.05, 4.69) is 15.9 Å². The van der Waals surface area contributed by atoms with Crippen molar-refractivity contribution in [2.75, 3.05) is 5.33 Å². The molecule has 1 atom stereocenters. The molecule has 0 amide bonds. The maximum Gasteiger partial charge on any atom is 0.343 e. The Labute approximate surface area is 87.3 Å². The number of halogens is 6. The van der Waals surface area contributed by atoms with E-state index in [1.165, 1.54) is 0 Å². The van der Waals surface area contributed by atoms with Crippen molar-refractivity contribution < 1.29 is 13.2 Å². The van der Waals surface area contributed by atoms with E-state index in [4.69, 9.17) is 0 Å². The summed E-state index contributed by atoms with van der Waals surface area (Å²) in [6.07, 6.45) is -0.230. The molecule has 0 aromatic heterocycles. The van der Waals surface area contributed by atoms with Crippen molar-refractivity contribution in [1.82, 2.24) is 0 Å². The molecule has 0 rings (SSSR count). The van der Waals surface area contributed by atoms with Crippen LogP contribution in [0.25, 0.3) is 0 Å². The van der Waals surface area contributed by atoms with Gasteiger partial charge in [0.05, 0.1) is 0 Å². The second kappa shape index (κ2) is 3.93. The summed E-state index contributed by atoms with van der Waals surface area (Å²) in [6, 6.07) is 0. The monoisotopic (exact) mass is 394 g/mol. The van der Waals surface area contributed by atoms with Gasteiger partial charge in [-0.15, -0.1) is 0 Å². The summed E-state index contributed by atoms with van der Waals surface area (Å²) in [5, 5.41) is 0.216. The molecule has 0 saturated heterocycles. The van der Waals surface area contributed by atoms with Crippen LogP contribution in [-0.4, -0.2) is 13.8 Å². The average Bonchev–Trinajstić information content (AvgIpc) is 1.61. The van der Waals surface area contributed by atoms with E-state index in [0.717, 1.165) is 22.6 Å². The summed E-state index contributed by atoms with van der Waals surface area (Å²) in [5.41, 5.74) is 0. The second-order valence-electron chi connectivity index (χ2n) is 1.64. The molecule has 0 fully saturated rings. The molecule has 0 nitrogen and oxygen atoms in total. The number of alkyl halides is 6. The molecular weight excluding hydrogens is 392 g/mol. The molecule has 0 N–H and O–H groups in total. The molecule has 0 bridgehead atoms. The van der Waals surface area contributed by atoms with Crippen LogP contribution in [0.3, 0.4) is 0 Å². The van der Waals surface area contributed by atoms with Crippen molar-refractivity contribution >= 4 is 54.5 Å². The van der Waals surface area contributed by atoms with E-state index in [1.807, 2.05) is 15.9 Å². The lowest BCUT2D eigenvalue weighted by Crippen LogP contribution is -2.33. The maximum atomic E-state index is 12.8. The van der Waals surface area contributed by atoms with Crippen molar-refractivity contribution in [2.45, 2.75) is 14.9 Å². The van der Waals surface area contributed by atoms with Gasteiger partial charge < -0.3 is 0 Å². The third-order valence-electron chi connectivity index (χ3n) is 0.823. The van der Waals surface area contributed by atoms with E-state index in [1.54, 1.807) is 0 Å². The van der Waals surface area contributed by atoms with Crippen molar-refractivity contribution in [3.05, 3.63) is 0 Å². The molecule has 6 heteroatoms. The molecule has 0 aromatic carbocycles. The minimum absolute atomic E-state index is 0.216. The molecule has 0 aromatic rings. The average molecular weight is 396 g/mol. The highest BCUT2D eigenvalue weighted by atomic mass is 127. The van der Waals surface area contributed by atoms with Gasteiger partial charge in [0, 0.05) is 11.8 Å². The van der Waals surface area contributed by atoms with Crippen LogP contribution in [0.2, 0.25) is 0 Å². The minimum atomic E-state index is -3.45. The van der Waals surface area contributed by atoms with Crippen molar-refractivity contribution in [1.29, 1.82) is 0 Å². The standard InChI is InChI=1S/C4H4Br2F3I/c5-2-1-3(7,10)4(6,8)9/h1-2H2. The molecule has 0 heterocycles. The highest BCUT2D eigenvalue weighted by molar-refractivity contribution is 14.1. The fourth-order valence-electron chi connectivity index (χ4n) is 0.260. The highest BCUT2D eigenvalue weighted by Gasteiger charge is 2.50. The van der Waals surface area contributed by atoms with Crippen LogP contribution in [0.4, 0.5) is 13.2 Å². The van der Waals surface area contributed by atoms with Crippen molar-refractivity contribution in [2.24, 2.45) is 0 Å². The van der Waals surface area contributed by atoms with E-state index in [0.29, 0.717) is 0 Å². The van der Waals surface area contributed by atoms with Gasteiger partial charge >= 0.3 is 4.83 Å². The highest BCUT2D eigenvalue weighted by Crippen LogP contribution is 2.45. The fourth-order valence-corrected chi connectivity index (χ4v) is 2.02. The van der Waals surface area contributed by atoms with Gasteiger partial charge in [0.25, 0.3) is 0 Å². The molecule has 0 aliphatic heterocycles. The maximum absolute atomic E-state index is 12.8. The van der Waals surface area contributed by atoms with Gasteiger partial charge in [0.1, 0.15) is 0 Å². The summed E-state index contributed by atoms with van der Waals surface area (Å²) < 4.78 is 34.7. The first-order valence-electron chi connectivity index (χ1n) is 2.32. The number of rotatable bonds is 3. The minimum Gasteiger partial charge on any atom is -0.225 e. The lowest BCUT2D eigenvalue weighted by molar-refractivity contribution is 0.0103. The van der Waals surface area contributed by atoms with Gasteiger partial charge in [0.15, 0.2) is 0 Å². The van der Waals surface area contributed by atoms with E-state index in [9.17, 15) is 13.2 Å². The van der Waals surface area contributed by atoms with Gasteiger partial charge in [-0.25, -0.2) is 4.39 Å². The molecule has 62 valence electrons. The van der Waals surface area contributed by atoms with Crippen LogP contribution in [-0.2, 0) is 0 Å². The van der Waals surface area contributed by atoms with Crippen molar-refractivity contribution in [3.63, 3.8) is 0 Å². The number of hydrogen-bond donors (Lipinski definition) is 0. The van der Waals surface area contributed by atoms with E-state index in [-0.39, 0.29) is 11.8 Å². The van der Waals surface area contributed by atoms with Gasteiger partial charge in [-0.05, 0) is 38.5 Å². The van der Waals surface area contributed by atoms with Crippen LogP contribution >= 0.6 is 54.5 Å². The predicted molar refractivity (Wildman–Crippen MR) is 50.1 cm³/mol. The zero-order valence-electron chi connectivity index (χ0n) is 4.68. The predicted octanol–water partition coefficient (Wildman–Crippen LogP) is 3.86. The summed E-state index contributed by atoms with van der Waals surface area (Å²) >= 11 is 5.93. The summed E-state index contributed by atoms with van der Waals surface area (Å²) in [6.45, 7) is 0. The zero-order chi connectivity index (χ0) is 8.41. The largest absolute Gasteiger partial charge is 0.343 e. The van der Waals surface area contributed by atoms with Gasteiger partial charge in [-0.3, -0.25) is 0 Å². The van der Waals surface area contributed by atoms with Crippen LogP contribution in [0.1, 0.15) is 6.42 Å². The molecule has 10 heavy (non-hydrogen) atoms. The first-order valence-corrected chi connectivity index (χ1v) is 5.31. The third-order valence-corrected chi connectivity index (χ3v) is 3.81. The Hall–Kier alpha value is 1.48. The fraction of sp³-hybridized carbons (Fsp3) is 1.00. The van der Waals surface area contributed by atoms with Crippen LogP contribution in [0.5, 0.6) is 0 Å².